The number of amides is 2. The van der Waals surface area contributed by atoms with Crippen LogP contribution in [0, 0.1) is 12.8 Å². The fourth-order valence-corrected chi connectivity index (χ4v) is 4.40. The number of carbonyl (C=O) groups excluding carboxylic acids is 2. The summed E-state index contributed by atoms with van der Waals surface area (Å²) in [6, 6.07) is 9.55. The fraction of sp³-hybridized carbons (Fsp3) is 0.417. The van der Waals surface area contributed by atoms with E-state index in [1.165, 1.54) is 0 Å². The van der Waals surface area contributed by atoms with Crippen molar-refractivity contribution < 1.29 is 14.3 Å². The van der Waals surface area contributed by atoms with Gasteiger partial charge >= 0.3 is 0 Å². The van der Waals surface area contributed by atoms with Crippen molar-refractivity contribution in [3.05, 3.63) is 65.8 Å². The normalized spacial score (nSPS) is 23.0. The number of carbonyl (C=O) groups is 2. The molecule has 0 aliphatic carbocycles. The lowest BCUT2D eigenvalue weighted by Gasteiger charge is -2.42. The topological polar surface area (TPSA) is 75.6 Å². The van der Waals surface area contributed by atoms with Crippen molar-refractivity contribution in [2.45, 2.75) is 32.2 Å². The molecule has 0 unspecified atom stereocenters. The number of likely N-dealkylation sites (tertiary alicyclic amines) is 1. The summed E-state index contributed by atoms with van der Waals surface area (Å²) in [5.74, 6) is 1.37. The van der Waals surface area contributed by atoms with E-state index >= 15 is 0 Å². The third kappa shape index (κ3) is 4.76. The molecule has 2 aliphatic heterocycles. The van der Waals surface area contributed by atoms with Crippen molar-refractivity contribution in [2.75, 3.05) is 26.7 Å². The SMILES string of the molecule is Cc1nccc(C(=O)N2CC[C@@H]3[C@@H](C/C=C/Cc4ccccc4OCC(=O)N3C)C2)n1. The Morgan fingerprint density at radius 2 is 2.03 bits per heavy atom. The monoisotopic (exact) mass is 420 g/mol. The molecule has 1 aromatic carbocycles. The molecule has 2 aliphatic rings. The first-order valence-corrected chi connectivity index (χ1v) is 10.7. The van der Waals surface area contributed by atoms with Crippen LogP contribution in [0.25, 0.3) is 0 Å². The summed E-state index contributed by atoms with van der Waals surface area (Å²) in [5.41, 5.74) is 1.48. The standard InChI is InChI=1S/C24H28N4O3/c1-17-25-13-11-20(26-17)24(30)28-14-12-21-19(15-28)9-4-3-7-18-8-5-6-10-22(18)31-16-23(29)27(21)2/h3-6,8,10-11,13,19,21H,7,9,12,14-16H2,1-2H3/b4-3+/t19-,21+/m0/s1. The van der Waals surface area contributed by atoms with Gasteiger partial charge in [0.05, 0.1) is 0 Å². The van der Waals surface area contributed by atoms with Crippen molar-refractivity contribution in [2.24, 2.45) is 5.92 Å². The molecule has 1 saturated heterocycles. The van der Waals surface area contributed by atoms with Gasteiger partial charge in [0.25, 0.3) is 11.8 Å². The van der Waals surface area contributed by atoms with Gasteiger partial charge in [-0.2, -0.15) is 0 Å². The van der Waals surface area contributed by atoms with Crippen LogP contribution in [0.3, 0.4) is 0 Å². The number of benzene rings is 1. The van der Waals surface area contributed by atoms with Crippen molar-refractivity contribution >= 4 is 11.8 Å². The lowest BCUT2D eigenvalue weighted by molar-refractivity contribution is -0.136. The van der Waals surface area contributed by atoms with Crippen LogP contribution >= 0.6 is 0 Å². The molecule has 0 radical (unpaired) electrons. The van der Waals surface area contributed by atoms with Crippen LogP contribution in [0.2, 0.25) is 0 Å². The Bertz CT molecular complexity index is 990. The molecule has 2 atom stereocenters. The molecule has 0 spiro atoms. The van der Waals surface area contributed by atoms with E-state index in [4.69, 9.17) is 4.74 Å². The van der Waals surface area contributed by atoms with Crippen molar-refractivity contribution in [3.63, 3.8) is 0 Å². The van der Waals surface area contributed by atoms with Crippen LogP contribution in [-0.2, 0) is 11.2 Å². The van der Waals surface area contributed by atoms with Crippen molar-refractivity contribution in [1.29, 1.82) is 0 Å². The van der Waals surface area contributed by atoms with Gasteiger partial charge in [0.2, 0.25) is 0 Å². The second-order valence-electron chi connectivity index (χ2n) is 8.17. The van der Waals surface area contributed by atoms with Gasteiger partial charge in [-0.1, -0.05) is 30.4 Å². The first-order chi connectivity index (χ1) is 15.0. The van der Waals surface area contributed by atoms with E-state index < -0.39 is 0 Å². The molecule has 2 aromatic rings. The summed E-state index contributed by atoms with van der Waals surface area (Å²) in [7, 11) is 1.84. The predicted octanol–water partition coefficient (Wildman–Crippen LogP) is 2.66. The molecule has 3 heterocycles. The largest absolute Gasteiger partial charge is 0.483 e. The van der Waals surface area contributed by atoms with E-state index in [1.54, 1.807) is 24.1 Å². The number of aromatic nitrogens is 2. The Morgan fingerprint density at radius 3 is 2.87 bits per heavy atom. The van der Waals surface area contributed by atoms with E-state index in [9.17, 15) is 9.59 Å². The summed E-state index contributed by atoms with van der Waals surface area (Å²) < 4.78 is 5.85. The van der Waals surface area contributed by atoms with Crippen LogP contribution in [0.4, 0.5) is 0 Å². The van der Waals surface area contributed by atoms with Crippen LogP contribution in [0.15, 0.2) is 48.7 Å². The smallest absolute Gasteiger partial charge is 0.272 e. The Labute approximate surface area is 182 Å². The zero-order valence-corrected chi connectivity index (χ0v) is 18.0. The molecule has 2 amide bonds. The molecule has 0 bridgehead atoms. The van der Waals surface area contributed by atoms with Gasteiger partial charge < -0.3 is 14.5 Å². The molecule has 162 valence electrons. The lowest BCUT2D eigenvalue weighted by Crippen LogP contribution is -2.53. The Morgan fingerprint density at radius 1 is 1.19 bits per heavy atom. The number of rotatable bonds is 1. The Hall–Kier alpha value is -3.22. The maximum absolute atomic E-state index is 13.0. The maximum Gasteiger partial charge on any atom is 0.272 e. The Balaban J connectivity index is 1.54. The second-order valence-corrected chi connectivity index (χ2v) is 8.17. The summed E-state index contributed by atoms with van der Waals surface area (Å²) in [4.78, 5) is 37.9. The summed E-state index contributed by atoms with van der Waals surface area (Å²) in [6.45, 7) is 2.98. The molecule has 31 heavy (non-hydrogen) atoms. The van der Waals surface area contributed by atoms with Gasteiger partial charge in [-0.25, -0.2) is 9.97 Å². The molecular weight excluding hydrogens is 392 g/mol. The van der Waals surface area contributed by atoms with E-state index in [-0.39, 0.29) is 30.4 Å². The van der Waals surface area contributed by atoms with Crippen LogP contribution < -0.4 is 4.74 Å². The minimum atomic E-state index is -0.0784. The number of hydrogen-bond donors (Lipinski definition) is 0. The van der Waals surface area contributed by atoms with Crippen molar-refractivity contribution in [1.82, 2.24) is 19.8 Å². The third-order valence-corrected chi connectivity index (χ3v) is 6.13. The first-order valence-electron chi connectivity index (χ1n) is 10.7. The number of hydrogen-bond acceptors (Lipinski definition) is 5. The fourth-order valence-electron chi connectivity index (χ4n) is 4.40. The number of nitrogens with zero attached hydrogens (tertiary/aromatic N) is 4. The number of fused-ring (bicyclic) bond motifs is 2. The number of para-hydroxylation sites is 1. The van der Waals surface area contributed by atoms with E-state index in [1.807, 2.05) is 36.2 Å². The molecule has 4 rings (SSSR count). The van der Waals surface area contributed by atoms with Crippen LogP contribution in [-0.4, -0.2) is 64.4 Å². The molecular formula is C24H28N4O3. The Kier molecular flexibility index (Phi) is 6.30. The minimum absolute atomic E-state index is 0.0172. The van der Waals surface area contributed by atoms with Gasteiger partial charge in [-0.3, -0.25) is 9.59 Å². The summed E-state index contributed by atoms with van der Waals surface area (Å²) >= 11 is 0. The van der Waals surface area contributed by atoms with E-state index in [0.29, 0.717) is 24.6 Å². The third-order valence-electron chi connectivity index (χ3n) is 6.13. The number of aryl methyl sites for hydroxylation is 1. The summed E-state index contributed by atoms with van der Waals surface area (Å²) in [5, 5.41) is 0. The number of likely N-dealkylation sites (N-methyl/N-ethyl adjacent to an activating group) is 1. The average Bonchev–Trinajstić information content (AvgIpc) is 2.79. The highest BCUT2D eigenvalue weighted by Gasteiger charge is 2.35. The quantitative estimate of drug-likeness (QED) is 0.663. The van der Waals surface area contributed by atoms with E-state index in [2.05, 4.69) is 22.1 Å². The molecule has 1 aromatic heterocycles. The zero-order chi connectivity index (χ0) is 21.8. The van der Waals surface area contributed by atoms with Gasteiger partial charge in [0.1, 0.15) is 17.3 Å². The highest BCUT2D eigenvalue weighted by atomic mass is 16.5. The number of allylic oxidation sites excluding steroid dienone is 2. The molecule has 7 nitrogen and oxygen atoms in total. The van der Waals surface area contributed by atoms with Gasteiger partial charge in [0.15, 0.2) is 6.61 Å². The zero-order valence-electron chi connectivity index (χ0n) is 18.0. The maximum atomic E-state index is 13.0. The summed E-state index contributed by atoms with van der Waals surface area (Å²) in [6.07, 6.45) is 8.21. The highest BCUT2D eigenvalue weighted by Crippen LogP contribution is 2.27. The van der Waals surface area contributed by atoms with Crippen molar-refractivity contribution in [3.8, 4) is 5.75 Å². The minimum Gasteiger partial charge on any atom is -0.483 e. The van der Waals surface area contributed by atoms with Crippen LogP contribution in [0.1, 0.15) is 34.7 Å². The molecule has 0 saturated carbocycles. The first kappa shape index (κ1) is 21.0. The predicted molar refractivity (Wildman–Crippen MR) is 117 cm³/mol. The average molecular weight is 421 g/mol. The number of ether oxygens (including phenoxy) is 1. The van der Waals surface area contributed by atoms with Gasteiger partial charge in [-0.15, -0.1) is 0 Å². The second kappa shape index (κ2) is 9.29. The van der Waals surface area contributed by atoms with Gasteiger partial charge in [0, 0.05) is 38.3 Å². The van der Waals surface area contributed by atoms with E-state index in [0.717, 1.165) is 30.6 Å². The van der Waals surface area contributed by atoms with Gasteiger partial charge in [-0.05, 0) is 43.9 Å². The molecule has 7 heteroatoms. The lowest BCUT2D eigenvalue weighted by atomic mass is 9.87. The highest BCUT2D eigenvalue weighted by molar-refractivity contribution is 5.92. The molecule has 1 fully saturated rings. The molecule has 0 N–H and O–H groups in total. The number of piperidine rings is 1. The van der Waals surface area contributed by atoms with Crippen LogP contribution in [0.5, 0.6) is 5.75 Å².